The van der Waals surface area contributed by atoms with Crippen LogP contribution in [0.15, 0.2) is 30.3 Å². The monoisotopic (exact) mass is 258 g/mol. The van der Waals surface area contributed by atoms with E-state index in [2.05, 4.69) is 41.5 Å². The van der Waals surface area contributed by atoms with Crippen molar-refractivity contribution in [1.29, 1.82) is 0 Å². The van der Waals surface area contributed by atoms with Crippen molar-refractivity contribution in [1.82, 2.24) is 10.3 Å². The molecular weight excluding hydrogens is 236 g/mol. The van der Waals surface area contributed by atoms with E-state index in [1.165, 1.54) is 10.9 Å². The molecule has 0 fully saturated rings. The smallest absolute Gasteiger partial charge is 0.0708 e. The van der Waals surface area contributed by atoms with E-state index >= 15 is 0 Å². The van der Waals surface area contributed by atoms with Crippen molar-refractivity contribution in [2.24, 2.45) is 0 Å². The summed E-state index contributed by atoms with van der Waals surface area (Å²) in [5, 5.41) is 4.76. The molecule has 1 aromatic heterocycles. The van der Waals surface area contributed by atoms with Crippen LogP contribution in [0.5, 0.6) is 0 Å². The van der Waals surface area contributed by atoms with Crippen molar-refractivity contribution in [3.63, 3.8) is 0 Å². The maximum absolute atomic E-state index is 5.36. The van der Waals surface area contributed by atoms with Crippen LogP contribution >= 0.6 is 0 Å². The van der Waals surface area contributed by atoms with E-state index in [4.69, 9.17) is 4.74 Å². The normalized spacial score (nSPS) is 12.8. The highest BCUT2D eigenvalue weighted by Crippen LogP contribution is 2.24. The Labute approximate surface area is 115 Å². The molecule has 2 aromatic rings. The zero-order valence-corrected chi connectivity index (χ0v) is 11.9. The third kappa shape index (κ3) is 3.31. The highest BCUT2D eigenvalue weighted by Gasteiger charge is 2.14. The Morgan fingerprint density at radius 3 is 2.84 bits per heavy atom. The number of fused-ring (bicyclic) bond motifs is 1. The van der Waals surface area contributed by atoms with Gasteiger partial charge in [0.2, 0.25) is 0 Å². The number of hydrogen-bond acceptors (Lipinski definition) is 3. The van der Waals surface area contributed by atoms with Gasteiger partial charge >= 0.3 is 0 Å². The largest absolute Gasteiger partial charge is 0.383 e. The van der Waals surface area contributed by atoms with Gasteiger partial charge in [0.25, 0.3) is 0 Å². The number of nitrogens with one attached hydrogen (secondary N) is 1. The second-order valence-electron chi connectivity index (χ2n) is 4.83. The first-order valence-electron chi connectivity index (χ1n) is 6.85. The summed E-state index contributed by atoms with van der Waals surface area (Å²) in [4.78, 5) is 4.59. The van der Waals surface area contributed by atoms with E-state index in [-0.39, 0.29) is 6.04 Å². The lowest BCUT2D eigenvalue weighted by molar-refractivity contribution is 0.167. The molecule has 102 valence electrons. The number of pyridine rings is 1. The molecule has 0 aliphatic heterocycles. The molecule has 1 atom stereocenters. The summed E-state index contributed by atoms with van der Waals surface area (Å²) < 4.78 is 5.36. The Hall–Kier alpha value is -1.45. The second-order valence-corrected chi connectivity index (χ2v) is 4.83. The van der Waals surface area contributed by atoms with Crippen molar-refractivity contribution in [3.8, 4) is 0 Å². The van der Waals surface area contributed by atoms with E-state index < -0.39 is 0 Å². The molecular formula is C16H22N2O. The number of benzene rings is 1. The summed E-state index contributed by atoms with van der Waals surface area (Å²) in [6, 6.07) is 10.7. The molecule has 0 saturated carbocycles. The van der Waals surface area contributed by atoms with Crippen molar-refractivity contribution >= 4 is 10.9 Å². The molecule has 0 spiro atoms. The zero-order chi connectivity index (χ0) is 13.7. The van der Waals surface area contributed by atoms with Crippen molar-refractivity contribution in [2.75, 3.05) is 20.3 Å². The molecule has 1 heterocycles. The molecule has 1 aromatic carbocycles. The molecule has 0 bridgehead atoms. The Morgan fingerprint density at radius 2 is 2.11 bits per heavy atom. The average Bonchev–Trinajstić information content (AvgIpc) is 2.42. The van der Waals surface area contributed by atoms with Crippen molar-refractivity contribution in [2.45, 2.75) is 26.3 Å². The Balaban J connectivity index is 2.45. The van der Waals surface area contributed by atoms with Gasteiger partial charge in [-0.3, -0.25) is 4.98 Å². The summed E-state index contributed by atoms with van der Waals surface area (Å²) in [5.74, 6) is 0. The fourth-order valence-electron chi connectivity index (χ4n) is 2.37. The number of aryl methyl sites for hydroxylation is 1. The van der Waals surface area contributed by atoms with Crippen LogP contribution in [0, 0.1) is 6.92 Å². The lowest BCUT2D eigenvalue weighted by Crippen LogP contribution is -2.26. The average molecular weight is 258 g/mol. The molecule has 19 heavy (non-hydrogen) atoms. The molecule has 0 aliphatic carbocycles. The summed E-state index contributed by atoms with van der Waals surface area (Å²) >= 11 is 0. The van der Waals surface area contributed by atoms with Gasteiger partial charge in [0.15, 0.2) is 0 Å². The predicted molar refractivity (Wildman–Crippen MR) is 79.4 cm³/mol. The van der Waals surface area contributed by atoms with Gasteiger partial charge in [-0.05, 0) is 37.6 Å². The quantitative estimate of drug-likeness (QED) is 0.863. The molecule has 3 heteroatoms. The van der Waals surface area contributed by atoms with Crippen LogP contribution in [0.1, 0.15) is 30.6 Å². The maximum atomic E-state index is 5.36. The van der Waals surface area contributed by atoms with Gasteiger partial charge in [-0.25, -0.2) is 0 Å². The van der Waals surface area contributed by atoms with Crippen LogP contribution in [0.4, 0.5) is 0 Å². The molecule has 1 N–H and O–H groups in total. The van der Waals surface area contributed by atoms with Crippen LogP contribution in [0.3, 0.4) is 0 Å². The first-order valence-corrected chi connectivity index (χ1v) is 6.85. The third-order valence-corrected chi connectivity index (χ3v) is 3.23. The number of ether oxygens (including phenoxy) is 1. The summed E-state index contributed by atoms with van der Waals surface area (Å²) in [6.45, 7) is 5.88. The first kappa shape index (κ1) is 14.0. The van der Waals surface area contributed by atoms with E-state index in [0.29, 0.717) is 6.61 Å². The molecule has 1 unspecified atom stereocenters. The topological polar surface area (TPSA) is 34.1 Å². The summed E-state index contributed by atoms with van der Waals surface area (Å²) in [5.41, 5.74) is 3.38. The van der Waals surface area contributed by atoms with Gasteiger partial charge in [-0.1, -0.05) is 25.1 Å². The minimum Gasteiger partial charge on any atom is -0.383 e. The van der Waals surface area contributed by atoms with Gasteiger partial charge in [-0.2, -0.15) is 0 Å². The number of hydrogen-bond donors (Lipinski definition) is 1. The summed E-state index contributed by atoms with van der Waals surface area (Å²) in [6.07, 6.45) is 1.11. The Bertz CT molecular complexity index is 539. The fourth-order valence-corrected chi connectivity index (χ4v) is 2.37. The van der Waals surface area contributed by atoms with Crippen LogP contribution in [-0.2, 0) is 4.74 Å². The van der Waals surface area contributed by atoms with Gasteiger partial charge in [-0.15, -0.1) is 0 Å². The van der Waals surface area contributed by atoms with Crippen molar-refractivity contribution in [3.05, 3.63) is 41.6 Å². The standard InChI is InChI=1S/C16H22N2O/c1-4-9-17-16(11-19-3)14-10-12(2)18-15-8-6-5-7-13(14)15/h5-8,10,16-17H,4,9,11H2,1-3H3. The number of nitrogens with zero attached hydrogens (tertiary/aromatic N) is 1. The van der Waals surface area contributed by atoms with Crippen molar-refractivity contribution < 1.29 is 4.74 Å². The Kier molecular flexibility index (Phi) is 4.88. The number of rotatable bonds is 6. The highest BCUT2D eigenvalue weighted by atomic mass is 16.5. The van der Waals surface area contributed by atoms with Gasteiger partial charge in [0, 0.05) is 18.2 Å². The third-order valence-electron chi connectivity index (χ3n) is 3.23. The molecule has 0 aliphatic rings. The van der Waals surface area contributed by atoms with Crippen LogP contribution < -0.4 is 5.32 Å². The molecule has 0 amide bonds. The van der Waals surface area contributed by atoms with Crippen LogP contribution in [0.2, 0.25) is 0 Å². The van der Waals surface area contributed by atoms with E-state index in [1.807, 2.05) is 13.0 Å². The molecule has 0 radical (unpaired) electrons. The van der Waals surface area contributed by atoms with Gasteiger partial charge < -0.3 is 10.1 Å². The first-order chi connectivity index (χ1) is 9.26. The number of para-hydroxylation sites is 1. The van der Waals surface area contributed by atoms with Gasteiger partial charge in [0.1, 0.15) is 0 Å². The zero-order valence-electron chi connectivity index (χ0n) is 11.9. The van der Waals surface area contributed by atoms with E-state index in [1.54, 1.807) is 7.11 Å². The Morgan fingerprint density at radius 1 is 1.32 bits per heavy atom. The number of methoxy groups -OCH3 is 1. The van der Waals surface area contributed by atoms with Crippen LogP contribution in [-0.4, -0.2) is 25.2 Å². The molecule has 2 rings (SSSR count). The van der Waals surface area contributed by atoms with Crippen LogP contribution in [0.25, 0.3) is 10.9 Å². The lowest BCUT2D eigenvalue weighted by atomic mass is 10.0. The highest BCUT2D eigenvalue weighted by molar-refractivity contribution is 5.82. The van der Waals surface area contributed by atoms with Gasteiger partial charge in [0.05, 0.1) is 18.2 Å². The number of aromatic nitrogens is 1. The minimum absolute atomic E-state index is 0.219. The minimum atomic E-state index is 0.219. The maximum Gasteiger partial charge on any atom is 0.0708 e. The SMILES string of the molecule is CCCNC(COC)c1cc(C)nc2ccccc12. The second kappa shape index (κ2) is 6.64. The van der Waals surface area contributed by atoms with E-state index in [0.717, 1.165) is 24.2 Å². The lowest BCUT2D eigenvalue weighted by Gasteiger charge is -2.20. The fraction of sp³-hybridized carbons (Fsp3) is 0.438. The molecule has 0 saturated heterocycles. The van der Waals surface area contributed by atoms with E-state index in [9.17, 15) is 0 Å². The molecule has 3 nitrogen and oxygen atoms in total. The predicted octanol–water partition coefficient (Wildman–Crippen LogP) is 3.23. The summed E-state index contributed by atoms with van der Waals surface area (Å²) in [7, 11) is 1.75.